The number of rotatable bonds is 10. The van der Waals surface area contributed by atoms with Gasteiger partial charge < -0.3 is 5.32 Å². The summed E-state index contributed by atoms with van der Waals surface area (Å²) in [5.74, 6) is 0.592. The number of nitrogens with one attached hydrogen (secondary N) is 2. The van der Waals surface area contributed by atoms with Gasteiger partial charge in [-0.3, -0.25) is 4.79 Å². The van der Waals surface area contributed by atoms with Crippen LogP contribution in [-0.4, -0.2) is 33.2 Å². The van der Waals surface area contributed by atoms with Crippen LogP contribution in [0, 0.1) is 0 Å². The van der Waals surface area contributed by atoms with E-state index >= 15 is 0 Å². The molecule has 0 aromatic heterocycles. The van der Waals surface area contributed by atoms with E-state index in [-0.39, 0.29) is 18.9 Å². The summed E-state index contributed by atoms with van der Waals surface area (Å²) >= 11 is 1.66. The van der Waals surface area contributed by atoms with Gasteiger partial charge in [-0.05, 0) is 23.8 Å². The minimum atomic E-state index is -3.55. The van der Waals surface area contributed by atoms with E-state index in [4.69, 9.17) is 0 Å². The second kappa shape index (κ2) is 10.8. The highest BCUT2D eigenvalue weighted by molar-refractivity contribution is 7.99. The lowest BCUT2D eigenvalue weighted by Gasteiger charge is -2.06. The summed E-state index contributed by atoms with van der Waals surface area (Å²) in [7, 11) is -3.55. The van der Waals surface area contributed by atoms with Crippen LogP contribution < -0.4 is 10.0 Å². The molecule has 0 aliphatic carbocycles. The SMILES string of the molecule is O=C(CCNS(=O)(=O)/C=C/c1ccccc1)NCCSc1ccccc1. The van der Waals surface area contributed by atoms with E-state index in [0.29, 0.717) is 6.54 Å². The van der Waals surface area contributed by atoms with E-state index in [1.807, 2.05) is 60.7 Å². The Kier molecular flexibility index (Phi) is 8.40. The van der Waals surface area contributed by atoms with Crippen LogP contribution in [0.3, 0.4) is 0 Å². The van der Waals surface area contributed by atoms with Crippen LogP contribution in [-0.2, 0) is 14.8 Å². The summed E-state index contributed by atoms with van der Waals surface area (Å²) < 4.78 is 26.1. The molecule has 0 saturated carbocycles. The summed E-state index contributed by atoms with van der Waals surface area (Å²) in [5, 5.41) is 3.89. The average molecular weight is 391 g/mol. The molecule has 0 saturated heterocycles. The van der Waals surface area contributed by atoms with Crippen LogP contribution in [0.2, 0.25) is 0 Å². The zero-order valence-electron chi connectivity index (χ0n) is 14.3. The van der Waals surface area contributed by atoms with Crippen molar-refractivity contribution < 1.29 is 13.2 Å². The molecule has 0 aliphatic heterocycles. The van der Waals surface area contributed by atoms with Crippen molar-refractivity contribution in [1.82, 2.24) is 10.0 Å². The van der Waals surface area contributed by atoms with Gasteiger partial charge in [0.15, 0.2) is 0 Å². The van der Waals surface area contributed by atoms with E-state index in [9.17, 15) is 13.2 Å². The number of thioether (sulfide) groups is 1. The lowest BCUT2D eigenvalue weighted by Crippen LogP contribution is -2.31. The van der Waals surface area contributed by atoms with Crippen molar-refractivity contribution in [3.63, 3.8) is 0 Å². The molecule has 0 unspecified atom stereocenters. The number of hydrogen-bond donors (Lipinski definition) is 2. The molecule has 0 radical (unpaired) electrons. The van der Waals surface area contributed by atoms with Crippen molar-refractivity contribution in [2.24, 2.45) is 0 Å². The van der Waals surface area contributed by atoms with Gasteiger partial charge in [-0.1, -0.05) is 48.5 Å². The third kappa shape index (κ3) is 8.33. The monoisotopic (exact) mass is 390 g/mol. The first kappa shape index (κ1) is 20.2. The maximum Gasteiger partial charge on any atom is 0.233 e. The maximum absolute atomic E-state index is 11.9. The third-order valence-electron chi connectivity index (χ3n) is 3.33. The number of sulfonamides is 1. The van der Waals surface area contributed by atoms with Gasteiger partial charge in [0.05, 0.1) is 0 Å². The quantitative estimate of drug-likeness (QED) is 0.483. The molecule has 5 nitrogen and oxygen atoms in total. The molecule has 0 spiro atoms. The Morgan fingerprint density at radius 2 is 1.62 bits per heavy atom. The maximum atomic E-state index is 11.9. The Balaban J connectivity index is 1.62. The molecule has 0 atom stereocenters. The minimum Gasteiger partial charge on any atom is -0.355 e. The molecule has 0 aliphatic rings. The minimum absolute atomic E-state index is 0.0686. The number of amides is 1. The van der Waals surface area contributed by atoms with Crippen LogP contribution in [0.5, 0.6) is 0 Å². The highest BCUT2D eigenvalue weighted by atomic mass is 32.2. The molecular weight excluding hydrogens is 368 g/mol. The molecule has 2 aromatic rings. The average Bonchev–Trinajstić information content (AvgIpc) is 2.65. The van der Waals surface area contributed by atoms with Crippen LogP contribution in [0.4, 0.5) is 0 Å². The van der Waals surface area contributed by atoms with Gasteiger partial charge in [-0.25, -0.2) is 13.1 Å². The lowest BCUT2D eigenvalue weighted by molar-refractivity contribution is -0.120. The summed E-state index contributed by atoms with van der Waals surface area (Å²) in [6.45, 7) is 0.609. The number of hydrogen-bond acceptors (Lipinski definition) is 4. The molecule has 2 N–H and O–H groups in total. The second-order valence-electron chi connectivity index (χ2n) is 5.41. The molecule has 0 bridgehead atoms. The Morgan fingerprint density at radius 3 is 2.31 bits per heavy atom. The van der Waals surface area contributed by atoms with Crippen LogP contribution in [0.1, 0.15) is 12.0 Å². The first-order valence-corrected chi connectivity index (χ1v) is 10.8. The third-order valence-corrected chi connectivity index (χ3v) is 5.45. The molecule has 7 heteroatoms. The zero-order chi connectivity index (χ0) is 18.7. The summed E-state index contributed by atoms with van der Waals surface area (Å²) in [6.07, 6.45) is 1.62. The molecule has 1 amide bonds. The Hall–Kier alpha value is -2.09. The molecule has 26 heavy (non-hydrogen) atoms. The number of carbonyl (C=O) groups excluding carboxylic acids is 1. The molecule has 0 fully saturated rings. The number of benzene rings is 2. The van der Waals surface area contributed by atoms with Gasteiger partial charge in [0.25, 0.3) is 0 Å². The van der Waals surface area contributed by atoms with Gasteiger partial charge >= 0.3 is 0 Å². The first-order valence-electron chi connectivity index (χ1n) is 8.22. The van der Waals surface area contributed by atoms with Crippen LogP contribution in [0.15, 0.2) is 71.0 Å². The Morgan fingerprint density at radius 1 is 0.962 bits per heavy atom. The van der Waals surface area contributed by atoms with Crippen LogP contribution >= 0.6 is 11.8 Å². The predicted molar refractivity (Wildman–Crippen MR) is 107 cm³/mol. The Labute approximate surface area is 158 Å². The van der Waals surface area contributed by atoms with Gasteiger partial charge in [0.1, 0.15) is 0 Å². The van der Waals surface area contributed by atoms with E-state index in [2.05, 4.69) is 10.0 Å². The van der Waals surface area contributed by atoms with Gasteiger partial charge in [0.2, 0.25) is 15.9 Å². The molecule has 0 heterocycles. The molecule has 2 rings (SSSR count). The van der Waals surface area contributed by atoms with Crippen molar-refractivity contribution in [2.45, 2.75) is 11.3 Å². The fraction of sp³-hybridized carbons (Fsp3) is 0.211. The molecular formula is C19H22N2O3S2. The first-order chi connectivity index (χ1) is 12.6. The van der Waals surface area contributed by atoms with Gasteiger partial charge in [0, 0.05) is 35.6 Å². The fourth-order valence-corrected chi connectivity index (χ4v) is 3.66. The lowest BCUT2D eigenvalue weighted by atomic mass is 10.2. The van der Waals surface area contributed by atoms with Crippen molar-refractivity contribution in [2.75, 3.05) is 18.8 Å². The van der Waals surface area contributed by atoms with Gasteiger partial charge in [-0.15, -0.1) is 11.8 Å². The normalized spacial score (nSPS) is 11.5. The highest BCUT2D eigenvalue weighted by Crippen LogP contribution is 2.15. The van der Waals surface area contributed by atoms with Gasteiger partial charge in [-0.2, -0.15) is 0 Å². The largest absolute Gasteiger partial charge is 0.355 e. The summed E-state index contributed by atoms with van der Waals surface area (Å²) in [5.41, 5.74) is 0.798. The van der Waals surface area contributed by atoms with E-state index in [1.165, 1.54) is 6.08 Å². The van der Waals surface area contributed by atoms with Crippen molar-refractivity contribution in [3.05, 3.63) is 71.6 Å². The van der Waals surface area contributed by atoms with E-state index in [0.717, 1.165) is 21.6 Å². The van der Waals surface area contributed by atoms with Crippen molar-refractivity contribution in [1.29, 1.82) is 0 Å². The summed E-state index contributed by atoms with van der Waals surface area (Å²) in [6, 6.07) is 19.1. The van der Waals surface area contributed by atoms with E-state index < -0.39 is 10.0 Å². The molecule has 138 valence electrons. The van der Waals surface area contributed by atoms with Crippen molar-refractivity contribution >= 4 is 33.8 Å². The smallest absolute Gasteiger partial charge is 0.233 e. The van der Waals surface area contributed by atoms with E-state index in [1.54, 1.807) is 11.8 Å². The summed E-state index contributed by atoms with van der Waals surface area (Å²) in [4.78, 5) is 12.9. The zero-order valence-corrected chi connectivity index (χ0v) is 15.9. The second-order valence-corrected chi connectivity index (χ2v) is 8.23. The molecule has 2 aromatic carbocycles. The number of carbonyl (C=O) groups is 1. The predicted octanol–water partition coefficient (Wildman–Crippen LogP) is 2.88. The highest BCUT2D eigenvalue weighted by Gasteiger charge is 2.07. The van der Waals surface area contributed by atoms with Crippen molar-refractivity contribution in [3.8, 4) is 0 Å². The standard InChI is InChI=1S/C19H22N2O3S2/c22-19(20-14-15-25-18-9-5-2-6-10-18)11-13-21-26(23,24)16-12-17-7-3-1-4-8-17/h1-10,12,16,21H,11,13-15H2,(H,20,22)/b16-12+. The van der Waals surface area contributed by atoms with Crippen LogP contribution in [0.25, 0.3) is 6.08 Å². The fourth-order valence-electron chi connectivity index (χ4n) is 2.05. The topological polar surface area (TPSA) is 75.3 Å². The Bertz CT molecular complexity index is 807.